The second-order valence-corrected chi connectivity index (χ2v) is 5.42. The van der Waals surface area contributed by atoms with Gasteiger partial charge in [0.1, 0.15) is 11.5 Å². The van der Waals surface area contributed by atoms with Crippen LogP contribution in [0, 0.1) is 0 Å². The lowest BCUT2D eigenvalue weighted by molar-refractivity contribution is 0.254. The van der Waals surface area contributed by atoms with Crippen molar-refractivity contribution in [1.82, 2.24) is 14.5 Å². The van der Waals surface area contributed by atoms with Crippen LogP contribution < -0.4 is 22.3 Å². The first-order valence-electron chi connectivity index (χ1n) is 7.03. The molecule has 1 fully saturated rings. The molecule has 20 heavy (non-hydrogen) atoms. The number of hydrogen-bond acceptors (Lipinski definition) is 5. The van der Waals surface area contributed by atoms with Crippen molar-refractivity contribution in [2.75, 3.05) is 31.2 Å². The molecule has 4 N–H and O–H groups in total. The fourth-order valence-electron chi connectivity index (χ4n) is 2.69. The predicted molar refractivity (Wildman–Crippen MR) is 80.1 cm³/mol. The fourth-order valence-corrected chi connectivity index (χ4v) is 2.69. The van der Waals surface area contributed by atoms with E-state index in [9.17, 15) is 9.59 Å². The summed E-state index contributed by atoms with van der Waals surface area (Å²) in [5.41, 5.74) is 5.10. The van der Waals surface area contributed by atoms with E-state index < -0.39 is 11.2 Å². The Bertz CT molecular complexity index is 571. The Morgan fingerprint density at radius 1 is 1.40 bits per heavy atom. The van der Waals surface area contributed by atoms with Crippen molar-refractivity contribution in [2.24, 2.45) is 7.05 Å². The average Bonchev–Trinajstić information content (AvgIpc) is 2.94. The Labute approximate surface area is 117 Å². The summed E-state index contributed by atoms with van der Waals surface area (Å²) in [7, 11) is 3.63. The van der Waals surface area contributed by atoms with E-state index >= 15 is 0 Å². The molecule has 1 aromatic heterocycles. The van der Waals surface area contributed by atoms with Gasteiger partial charge >= 0.3 is 5.69 Å². The minimum Gasteiger partial charge on any atom is -0.383 e. The van der Waals surface area contributed by atoms with Gasteiger partial charge in [-0.2, -0.15) is 0 Å². The van der Waals surface area contributed by atoms with Gasteiger partial charge in [-0.15, -0.1) is 0 Å². The molecule has 7 nitrogen and oxygen atoms in total. The molecule has 0 amide bonds. The van der Waals surface area contributed by atoms with Gasteiger partial charge in [0, 0.05) is 26.2 Å². The highest BCUT2D eigenvalue weighted by Gasteiger charge is 2.19. The lowest BCUT2D eigenvalue weighted by atomic mass is 10.2. The molecule has 1 heterocycles. The van der Waals surface area contributed by atoms with E-state index in [1.54, 1.807) is 0 Å². The van der Waals surface area contributed by atoms with E-state index in [-0.39, 0.29) is 11.5 Å². The van der Waals surface area contributed by atoms with Crippen LogP contribution in [0.25, 0.3) is 0 Å². The number of anilines is 2. The first kappa shape index (κ1) is 14.6. The Morgan fingerprint density at radius 2 is 2.05 bits per heavy atom. The van der Waals surface area contributed by atoms with E-state index in [1.807, 2.05) is 0 Å². The first-order valence-corrected chi connectivity index (χ1v) is 7.03. The smallest absolute Gasteiger partial charge is 0.329 e. The molecular weight excluding hydrogens is 258 g/mol. The third-order valence-corrected chi connectivity index (χ3v) is 4.08. The van der Waals surface area contributed by atoms with E-state index in [0.29, 0.717) is 12.6 Å². The third kappa shape index (κ3) is 3.04. The number of aromatic amines is 1. The fraction of sp³-hybridized carbons (Fsp3) is 0.692. The van der Waals surface area contributed by atoms with Gasteiger partial charge in [-0.05, 0) is 19.9 Å². The van der Waals surface area contributed by atoms with Gasteiger partial charge in [0.15, 0.2) is 0 Å². The normalized spacial score (nSPS) is 15.9. The number of nitrogens with two attached hydrogens (primary N) is 1. The minimum atomic E-state index is -0.499. The topological polar surface area (TPSA) is 96.2 Å². The zero-order valence-electron chi connectivity index (χ0n) is 12.1. The maximum atomic E-state index is 11.7. The molecule has 0 radical (unpaired) electrons. The molecule has 1 aromatic rings. The number of nitrogen functional groups attached to an aromatic ring is 1. The maximum absolute atomic E-state index is 11.7. The van der Waals surface area contributed by atoms with Gasteiger partial charge < -0.3 is 16.0 Å². The summed E-state index contributed by atoms with van der Waals surface area (Å²) in [4.78, 5) is 27.6. The van der Waals surface area contributed by atoms with Gasteiger partial charge in [-0.3, -0.25) is 14.3 Å². The largest absolute Gasteiger partial charge is 0.383 e. The predicted octanol–water partition coefficient (Wildman–Crippen LogP) is -0.0579. The van der Waals surface area contributed by atoms with Crippen molar-refractivity contribution in [3.05, 3.63) is 20.8 Å². The van der Waals surface area contributed by atoms with Crippen LogP contribution in [-0.4, -0.2) is 40.6 Å². The molecular formula is C13H23N5O2. The SMILES string of the molecule is CN(CCNc1c(N)n(C)c(=O)[nH]c1=O)C1CCCC1. The second kappa shape index (κ2) is 6.13. The van der Waals surface area contributed by atoms with E-state index in [2.05, 4.69) is 22.2 Å². The number of rotatable bonds is 5. The number of hydrogen-bond donors (Lipinski definition) is 3. The molecule has 0 aliphatic heterocycles. The van der Waals surface area contributed by atoms with Crippen LogP contribution in [0.3, 0.4) is 0 Å². The zero-order valence-corrected chi connectivity index (χ0v) is 12.1. The Hall–Kier alpha value is -1.76. The highest BCUT2D eigenvalue weighted by molar-refractivity contribution is 5.60. The van der Waals surface area contributed by atoms with Crippen LogP contribution in [0.4, 0.5) is 11.5 Å². The highest BCUT2D eigenvalue weighted by Crippen LogP contribution is 2.22. The monoisotopic (exact) mass is 281 g/mol. The van der Waals surface area contributed by atoms with E-state index in [4.69, 9.17) is 5.73 Å². The van der Waals surface area contributed by atoms with Crippen molar-refractivity contribution in [1.29, 1.82) is 0 Å². The maximum Gasteiger partial charge on any atom is 0.329 e. The molecule has 0 unspecified atom stereocenters. The van der Waals surface area contributed by atoms with Crippen molar-refractivity contribution in [3.63, 3.8) is 0 Å². The standard InChI is InChI=1S/C13H23N5O2/c1-17(9-5-3-4-6-9)8-7-15-10-11(14)18(2)13(20)16-12(10)19/h9,15H,3-8,14H2,1-2H3,(H,16,19,20). The molecule has 1 aliphatic rings. The van der Waals surface area contributed by atoms with Crippen molar-refractivity contribution in [3.8, 4) is 0 Å². The number of aromatic nitrogens is 2. The van der Waals surface area contributed by atoms with Crippen LogP contribution in [0.5, 0.6) is 0 Å². The van der Waals surface area contributed by atoms with Gasteiger partial charge in [0.2, 0.25) is 0 Å². The molecule has 0 atom stereocenters. The average molecular weight is 281 g/mol. The Balaban J connectivity index is 1.96. The lowest BCUT2D eigenvalue weighted by Crippen LogP contribution is -2.36. The van der Waals surface area contributed by atoms with Crippen LogP contribution in [-0.2, 0) is 7.05 Å². The quantitative estimate of drug-likeness (QED) is 0.703. The molecule has 0 aromatic carbocycles. The lowest BCUT2D eigenvalue weighted by Gasteiger charge is -2.24. The summed E-state index contributed by atoms with van der Waals surface area (Å²) in [6.07, 6.45) is 5.10. The molecule has 0 bridgehead atoms. The number of likely N-dealkylation sites (N-methyl/N-ethyl adjacent to an activating group) is 1. The molecule has 0 saturated heterocycles. The van der Waals surface area contributed by atoms with Gasteiger partial charge in [0.05, 0.1) is 0 Å². The van der Waals surface area contributed by atoms with Crippen molar-refractivity contribution >= 4 is 11.5 Å². The molecule has 0 spiro atoms. The Kier molecular flexibility index (Phi) is 4.49. The molecule has 112 valence electrons. The van der Waals surface area contributed by atoms with Crippen LogP contribution in [0.15, 0.2) is 9.59 Å². The first-order chi connectivity index (χ1) is 9.50. The summed E-state index contributed by atoms with van der Waals surface area (Å²) >= 11 is 0. The summed E-state index contributed by atoms with van der Waals surface area (Å²) in [6, 6.07) is 0.646. The van der Waals surface area contributed by atoms with Gasteiger partial charge in [-0.1, -0.05) is 12.8 Å². The molecule has 7 heteroatoms. The third-order valence-electron chi connectivity index (χ3n) is 4.08. The summed E-state index contributed by atoms with van der Waals surface area (Å²) in [6.45, 7) is 1.46. The van der Waals surface area contributed by atoms with Crippen molar-refractivity contribution in [2.45, 2.75) is 31.7 Å². The van der Waals surface area contributed by atoms with E-state index in [0.717, 1.165) is 6.54 Å². The summed E-state index contributed by atoms with van der Waals surface area (Å²) < 4.78 is 1.23. The van der Waals surface area contributed by atoms with E-state index in [1.165, 1.54) is 37.3 Å². The minimum absolute atomic E-state index is 0.169. The summed E-state index contributed by atoms with van der Waals surface area (Å²) in [5, 5.41) is 3.03. The molecule has 2 rings (SSSR count). The van der Waals surface area contributed by atoms with Crippen LogP contribution in [0.2, 0.25) is 0 Å². The zero-order chi connectivity index (χ0) is 14.7. The second-order valence-electron chi connectivity index (χ2n) is 5.42. The number of nitrogens with one attached hydrogen (secondary N) is 2. The van der Waals surface area contributed by atoms with Gasteiger partial charge in [0.25, 0.3) is 5.56 Å². The van der Waals surface area contributed by atoms with Crippen LogP contribution >= 0.6 is 0 Å². The van der Waals surface area contributed by atoms with Crippen LogP contribution in [0.1, 0.15) is 25.7 Å². The van der Waals surface area contributed by atoms with Gasteiger partial charge in [-0.25, -0.2) is 4.79 Å². The molecule has 1 aliphatic carbocycles. The van der Waals surface area contributed by atoms with Crippen molar-refractivity contribution < 1.29 is 0 Å². The summed E-state index contributed by atoms with van der Waals surface area (Å²) in [5.74, 6) is 0.169. The number of nitrogens with zero attached hydrogens (tertiary/aromatic N) is 2. The Morgan fingerprint density at radius 3 is 2.70 bits per heavy atom. The highest BCUT2D eigenvalue weighted by atomic mass is 16.2. The number of H-pyrrole nitrogens is 1. The molecule has 1 saturated carbocycles.